The van der Waals surface area contributed by atoms with E-state index in [4.69, 9.17) is 16.9 Å². The van der Waals surface area contributed by atoms with E-state index in [1.165, 1.54) is 0 Å². The van der Waals surface area contributed by atoms with Crippen LogP contribution in [0.5, 0.6) is 0 Å². The fourth-order valence-corrected chi connectivity index (χ4v) is 1.91. The number of nitriles is 1. The third kappa shape index (κ3) is 2.75. The molecule has 1 heterocycles. The van der Waals surface area contributed by atoms with E-state index < -0.39 is 0 Å². The van der Waals surface area contributed by atoms with Gasteiger partial charge in [0.15, 0.2) is 0 Å². The monoisotopic (exact) mass is 249 g/mol. The van der Waals surface area contributed by atoms with E-state index in [1.807, 2.05) is 0 Å². The molecular formula is C12H12ClN3O. The molecule has 2 rings (SSSR count). The molecule has 1 aliphatic rings. The van der Waals surface area contributed by atoms with Crippen LogP contribution in [0.3, 0.4) is 0 Å². The zero-order chi connectivity index (χ0) is 12.3. The van der Waals surface area contributed by atoms with Crippen molar-refractivity contribution in [1.29, 1.82) is 5.26 Å². The van der Waals surface area contributed by atoms with Crippen molar-refractivity contribution in [2.75, 3.05) is 6.54 Å². The van der Waals surface area contributed by atoms with Crippen LogP contribution in [0.15, 0.2) is 18.3 Å². The van der Waals surface area contributed by atoms with Gasteiger partial charge in [0.05, 0.1) is 18.1 Å². The van der Waals surface area contributed by atoms with Crippen LogP contribution in [-0.2, 0) is 0 Å². The van der Waals surface area contributed by atoms with E-state index in [2.05, 4.69) is 11.1 Å². The molecule has 1 fully saturated rings. The lowest BCUT2D eigenvalue weighted by atomic mass is 10.2. The summed E-state index contributed by atoms with van der Waals surface area (Å²) in [7, 11) is 0. The smallest absolute Gasteiger partial charge is 0.257 e. The number of pyridine rings is 1. The van der Waals surface area contributed by atoms with Gasteiger partial charge in [-0.15, -0.1) is 0 Å². The molecule has 1 aromatic rings. The van der Waals surface area contributed by atoms with Crippen LogP contribution in [0, 0.1) is 11.3 Å². The standard InChI is InChI=1S/C12H12ClN3O/c13-11-10(3-1-7-15-11)12(17)16(8-2-6-14)9-4-5-9/h1,3,7,9H,2,4-5,8H2. The Balaban J connectivity index is 2.16. The SMILES string of the molecule is N#CCCN(C(=O)c1cccnc1Cl)C1CC1. The number of nitrogens with zero attached hydrogens (tertiary/aromatic N) is 3. The number of hydrogen-bond acceptors (Lipinski definition) is 3. The van der Waals surface area contributed by atoms with Crippen LogP contribution in [0.4, 0.5) is 0 Å². The molecule has 0 bridgehead atoms. The van der Waals surface area contributed by atoms with Gasteiger partial charge in [0.2, 0.25) is 0 Å². The van der Waals surface area contributed by atoms with Crippen LogP contribution in [0.1, 0.15) is 29.6 Å². The lowest BCUT2D eigenvalue weighted by Gasteiger charge is -2.21. The molecule has 1 aliphatic carbocycles. The second-order valence-corrected chi connectivity index (χ2v) is 4.34. The molecule has 4 nitrogen and oxygen atoms in total. The Kier molecular flexibility index (Phi) is 3.60. The van der Waals surface area contributed by atoms with Crippen molar-refractivity contribution in [2.24, 2.45) is 0 Å². The van der Waals surface area contributed by atoms with Crippen LogP contribution in [-0.4, -0.2) is 28.4 Å². The number of rotatable bonds is 4. The summed E-state index contributed by atoms with van der Waals surface area (Å²) in [6.07, 6.45) is 3.92. The first-order valence-corrected chi connectivity index (χ1v) is 5.90. The Labute approximate surface area is 105 Å². The van der Waals surface area contributed by atoms with Gasteiger partial charge < -0.3 is 4.90 Å². The minimum absolute atomic E-state index is 0.124. The van der Waals surface area contributed by atoms with Gasteiger partial charge in [-0.1, -0.05) is 11.6 Å². The molecule has 0 atom stereocenters. The number of aromatic nitrogens is 1. The number of amides is 1. The summed E-state index contributed by atoms with van der Waals surface area (Å²) in [5.41, 5.74) is 0.416. The molecule has 88 valence electrons. The second-order valence-electron chi connectivity index (χ2n) is 3.98. The Morgan fingerprint density at radius 3 is 3.00 bits per heavy atom. The van der Waals surface area contributed by atoms with E-state index >= 15 is 0 Å². The summed E-state index contributed by atoms with van der Waals surface area (Å²) >= 11 is 5.90. The molecule has 0 unspecified atom stereocenters. The Morgan fingerprint density at radius 1 is 1.65 bits per heavy atom. The third-order valence-electron chi connectivity index (χ3n) is 2.70. The Morgan fingerprint density at radius 2 is 2.41 bits per heavy atom. The first kappa shape index (κ1) is 11.9. The first-order valence-electron chi connectivity index (χ1n) is 5.52. The lowest BCUT2D eigenvalue weighted by molar-refractivity contribution is 0.0746. The summed E-state index contributed by atoms with van der Waals surface area (Å²) in [5.74, 6) is -0.124. The predicted molar refractivity (Wildman–Crippen MR) is 63.5 cm³/mol. The molecule has 0 saturated heterocycles. The van der Waals surface area contributed by atoms with E-state index in [9.17, 15) is 4.79 Å². The maximum atomic E-state index is 12.2. The summed E-state index contributed by atoms with van der Waals surface area (Å²) < 4.78 is 0. The third-order valence-corrected chi connectivity index (χ3v) is 3.00. The quantitative estimate of drug-likeness (QED) is 0.769. The van der Waals surface area contributed by atoms with Crippen LogP contribution < -0.4 is 0 Å². The van der Waals surface area contributed by atoms with Crippen molar-refractivity contribution in [3.8, 4) is 6.07 Å². The summed E-state index contributed by atoms with van der Waals surface area (Å²) in [4.78, 5) is 17.9. The maximum absolute atomic E-state index is 12.2. The number of carbonyl (C=O) groups excluding carboxylic acids is 1. The average molecular weight is 250 g/mol. The van der Waals surface area contributed by atoms with Gasteiger partial charge in [0.25, 0.3) is 5.91 Å². The van der Waals surface area contributed by atoms with Gasteiger partial charge in [0, 0.05) is 18.8 Å². The first-order chi connectivity index (χ1) is 8.24. The van der Waals surface area contributed by atoms with Crippen LogP contribution >= 0.6 is 11.6 Å². The van der Waals surface area contributed by atoms with Crippen molar-refractivity contribution >= 4 is 17.5 Å². The highest BCUT2D eigenvalue weighted by atomic mass is 35.5. The van der Waals surface area contributed by atoms with Gasteiger partial charge in [-0.2, -0.15) is 5.26 Å². The van der Waals surface area contributed by atoms with Gasteiger partial charge >= 0.3 is 0 Å². The van der Waals surface area contributed by atoms with E-state index in [1.54, 1.807) is 23.2 Å². The minimum Gasteiger partial charge on any atom is -0.335 e. The van der Waals surface area contributed by atoms with Crippen molar-refractivity contribution in [1.82, 2.24) is 9.88 Å². The number of halogens is 1. The lowest BCUT2D eigenvalue weighted by Crippen LogP contribution is -2.34. The van der Waals surface area contributed by atoms with Crippen molar-refractivity contribution < 1.29 is 4.79 Å². The average Bonchev–Trinajstić information content (AvgIpc) is 3.14. The zero-order valence-corrected chi connectivity index (χ0v) is 10.0. The van der Waals surface area contributed by atoms with E-state index in [0.29, 0.717) is 18.5 Å². The van der Waals surface area contributed by atoms with Crippen molar-refractivity contribution in [3.05, 3.63) is 29.0 Å². The van der Waals surface area contributed by atoms with Gasteiger partial charge in [-0.05, 0) is 25.0 Å². The highest BCUT2D eigenvalue weighted by Crippen LogP contribution is 2.29. The minimum atomic E-state index is -0.124. The molecule has 17 heavy (non-hydrogen) atoms. The fourth-order valence-electron chi connectivity index (χ4n) is 1.71. The van der Waals surface area contributed by atoms with E-state index in [0.717, 1.165) is 12.8 Å². The molecule has 5 heteroatoms. The topological polar surface area (TPSA) is 57.0 Å². The predicted octanol–water partition coefficient (Wildman–Crippen LogP) is 2.25. The number of carbonyl (C=O) groups is 1. The largest absolute Gasteiger partial charge is 0.335 e. The fraction of sp³-hybridized carbons (Fsp3) is 0.417. The molecule has 0 aliphatic heterocycles. The number of hydrogen-bond donors (Lipinski definition) is 0. The van der Waals surface area contributed by atoms with Crippen LogP contribution in [0.25, 0.3) is 0 Å². The molecular weight excluding hydrogens is 238 g/mol. The Bertz CT molecular complexity index is 465. The van der Waals surface area contributed by atoms with Gasteiger partial charge in [-0.3, -0.25) is 4.79 Å². The van der Waals surface area contributed by atoms with Crippen LogP contribution in [0.2, 0.25) is 5.15 Å². The summed E-state index contributed by atoms with van der Waals surface area (Å²) in [6, 6.07) is 5.68. The van der Waals surface area contributed by atoms with Crippen molar-refractivity contribution in [3.63, 3.8) is 0 Å². The molecule has 1 saturated carbocycles. The molecule has 0 N–H and O–H groups in total. The molecule has 1 amide bonds. The van der Waals surface area contributed by atoms with Gasteiger partial charge in [-0.25, -0.2) is 4.98 Å². The summed E-state index contributed by atoms with van der Waals surface area (Å²) in [5, 5.41) is 8.82. The maximum Gasteiger partial charge on any atom is 0.257 e. The molecule has 0 spiro atoms. The normalized spacial score (nSPS) is 14.1. The van der Waals surface area contributed by atoms with Gasteiger partial charge in [0.1, 0.15) is 5.15 Å². The zero-order valence-electron chi connectivity index (χ0n) is 9.27. The summed E-state index contributed by atoms with van der Waals surface area (Å²) in [6.45, 7) is 0.464. The highest BCUT2D eigenvalue weighted by molar-refractivity contribution is 6.32. The molecule has 1 aromatic heterocycles. The highest BCUT2D eigenvalue weighted by Gasteiger charge is 2.33. The Hall–Kier alpha value is -1.60. The molecule has 0 radical (unpaired) electrons. The van der Waals surface area contributed by atoms with Crippen molar-refractivity contribution in [2.45, 2.75) is 25.3 Å². The van der Waals surface area contributed by atoms with E-state index in [-0.39, 0.29) is 17.1 Å². The second kappa shape index (κ2) is 5.15. The molecule has 0 aromatic carbocycles.